The summed E-state index contributed by atoms with van der Waals surface area (Å²) >= 11 is 0. The molecule has 8 nitrogen and oxygen atoms in total. The van der Waals surface area contributed by atoms with Crippen LogP contribution in [0, 0.1) is 5.92 Å². The highest BCUT2D eigenvalue weighted by Gasteiger charge is 2.44. The summed E-state index contributed by atoms with van der Waals surface area (Å²) in [4.78, 5) is 48.5. The van der Waals surface area contributed by atoms with Gasteiger partial charge in [0.1, 0.15) is 5.60 Å². The quantitative estimate of drug-likeness (QED) is 0.446. The van der Waals surface area contributed by atoms with E-state index in [2.05, 4.69) is 16.0 Å². The zero-order valence-corrected chi connectivity index (χ0v) is 20.5. The summed E-state index contributed by atoms with van der Waals surface area (Å²) in [6.45, 7) is 8.33. The number of alkyl halides is 2. The number of benzene rings is 1. The molecule has 10 heteroatoms. The number of nitrogens with one attached hydrogen (secondary N) is 3. The lowest BCUT2D eigenvalue weighted by atomic mass is 9.96. The van der Waals surface area contributed by atoms with Gasteiger partial charge in [0.2, 0.25) is 17.6 Å². The van der Waals surface area contributed by atoms with Crippen molar-refractivity contribution in [3.63, 3.8) is 0 Å². The number of carbonyl (C=O) groups excluding carboxylic acids is 4. The molecule has 1 rings (SSSR count). The Morgan fingerprint density at radius 3 is 2.09 bits per heavy atom. The third-order valence-corrected chi connectivity index (χ3v) is 4.55. The van der Waals surface area contributed by atoms with Gasteiger partial charge in [0.05, 0.1) is 25.0 Å². The number of amides is 3. The Morgan fingerprint density at radius 1 is 1.00 bits per heavy atom. The normalized spacial score (nSPS) is 13.6. The second kappa shape index (κ2) is 12.4. The number of alkyl carbamates (subject to hydrolysis) is 1. The molecule has 2 unspecified atom stereocenters. The molecule has 0 spiro atoms. The third kappa shape index (κ3) is 10.7. The van der Waals surface area contributed by atoms with Crippen LogP contribution < -0.4 is 16.0 Å². The van der Waals surface area contributed by atoms with Crippen molar-refractivity contribution in [1.82, 2.24) is 16.0 Å². The number of carbonyl (C=O) groups is 4. The van der Waals surface area contributed by atoms with Crippen molar-refractivity contribution in [2.75, 3.05) is 6.54 Å². The fourth-order valence-electron chi connectivity index (χ4n) is 3.14. The highest BCUT2D eigenvalue weighted by molar-refractivity contribution is 5.93. The highest BCUT2D eigenvalue weighted by Crippen LogP contribution is 2.21. The lowest BCUT2D eigenvalue weighted by molar-refractivity contribution is -0.146. The van der Waals surface area contributed by atoms with Gasteiger partial charge in [-0.25, -0.2) is 4.79 Å². The van der Waals surface area contributed by atoms with Crippen molar-refractivity contribution in [3.05, 3.63) is 35.9 Å². The number of Topliss-reactive ketones (excluding diaryl/α,β-unsaturated/α-hetero) is 1. The molecule has 3 N–H and O–H groups in total. The van der Waals surface area contributed by atoms with Crippen molar-refractivity contribution in [2.45, 2.75) is 78.0 Å². The molecule has 190 valence electrons. The van der Waals surface area contributed by atoms with E-state index in [1.165, 1.54) is 6.92 Å². The van der Waals surface area contributed by atoms with Gasteiger partial charge in [0.25, 0.3) is 0 Å². The Labute approximate surface area is 199 Å². The van der Waals surface area contributed by atoms with Crippen LogP contribution in [0.15, 0.2) is 30.3 Å². The molecule has 0 aliphatic carbocycles. The zero-order chi connectivity index (χ0) is 26.1. The fraction of sp³-hybridized carbons (Fsp3) is 0.583. The van der Waals surface area contributed by atoms with E-state index in [1.807, 2.05) is 0 Å². The van der Waals surface area contributed by atoms with Crippen LogP contribution in [0.3, 0.4) is 0 Å². The zero-order valence-electron chi connectivity index (χ0n) is 20.5. The van der Waals surface area contributed by atoms with Crippen LogP contribution in [0.1, 0.15) is 66.0 Å². The van der Waals surface area contributed by atoms with Gasteiger partial charge in [-0.15, -0.1) is 0 Å². The first-order valence-electron chi connectivity index (χ1n) is 11.1. The highest BCUT2D eigenvalue weighted by atomic mass is 19.3. The van der Waals surface area contributed by atoms with E-state index in [0.717, 1.165) is 0 Å². The molecule has 2 atom stereocenters. The second-order valence-corrected chi connectivity index (χ2v) is 9.54. The monoisotopic (exact) mass is 483 g/mol. The number of ether oxygens (including phenoxy) is 1. The topological polar surface area (TPSA) is 114 Å². The van der Waals surface area contributed by atoms with Gasteiger partial charge >= 0.3 is 12.0 Å². The first kappa shape index (κ1) is 29.0. The Kier molecular flexibility index (Phi) is 10.6. The SMILES string of the molecule is CC(=O)NC(CC(=O)NCC(F)(F)C(=O)C(CC(C)C)NC(=O)OC(C)(C)C)c1ccccc1. The molecular formula is C24H35F2N3O5. The van der Waals surface area contributed by atoms with Gasteiger partial charge in [0.15, 0.2) is 0 Å². The summed E-state index contributed by atoms with van der Waals surface area (Å²) in [7, 11) is 0. The average Bonchev–Trinajstić information content (AvgIpc) is 2.69. The molecule has 1 aromatic carbocycles. The van der Waals surface area contributed by atoms with Crippen molar-refractivity contribution in [3.8, 4) is 0 Å². The van der Waals surface area contributed by atoms with Crippen molar-refractivity contribution < 1.29 is 32.7 Å². The fourth-order valence-corrected chi connectivity index (χ4v) is 3.14. The first-order chi connectivity index (χ1) is 15.6. The number of halogens is 2. The minimum Gasteiger partial charge on any atom is -0.444 e. The van der Waals surface area contributed by atoms with Crippen LogP contribution in [0.2, 0.25) is 0 Å². The van der Waals surface area contributed by atoms with E-state index in [9.17, 15) is 28.0 Å². The molecule has 0 radical (unpaired) electrons. The molecule has 0 heterocycles. The number of rotatable bonds is 11. The van der Waals surface area contributed by atoms with E-state index in [0.29, 0.717) is 5.56 Å². The summed E-state index contributed by atoms with van der Waals surface area (Å²) in [5, 5.41) is 6.91. The van der Waals surface area contributed by atoms with Gasteiger partial charge in [-0.3, -0.25) is 14.4 Å². The van der Waals surface area contributed by atoms with E-state index >= 15 is 0 Å². The van der Waals surface area contributed by atoms with Crippen LogP contribution >= 0.6 is 0 Å². The second-order valence-electron chi connectivity index (χ2n) is 9.54. The van der Waals surface area contributed by atoms with Crippen molar-refractivity contribution in [1.29, 1.82) is 0 Å². The van der Waals surface area contributed by atoms with E-state index in [-0.39, 0.29) is 24.7 Å². The van der Waals surface area contributed by atoms with Gasteiger partial charge in [0, 0.05) is 6.92 Å². The van der Waals surface area contributed by atoms with Gasteiger partial charge in [-0.1, -0.05) is 44.2 Å². The Morgan fingerprint density at radius 2 is 1.59 bits per heavy atom. The summed E-state index contributed by atoms with van der Waals surface area (Å²) in [6, 6.07) is 6.40. The van der Waals surface area contributed by atoms with Crippen LogP contribution in [0.4, 0.5) is 13.6 Å². The average molecular weight is 484 g/mol. The van der Waals surface area contributed by atoms with E-state index < -0.39 is 47.9 Å². The largest absolute Gasteiger partial charge is 0.444 e. The van der Waals surface area contributed by atoms with Crippen molar-refractivity contribution >= 4 is 23.7 Å². The smallest absolute Gasteiger partial charge is 0.408 e. The molecule has 1 aromatic rings. The molecule has 34 heavy (non-hydrogen) atoms. The van der Waals surface area contributed by atoms with E-state index in [1.54, 1.807) is 65.0 Å². The minimum atomic E-state index is -3.93. The maximum atomic E-state index is 14.7. The molecular weight excluding hydrogens is 448 g/mol. The molecule has 0 aromatic heterocycles. The predicted molar refractivity (Wildman–Crippen MR) is 123 cm³/mol. The Balaban J connectivity index is 2.84. The molecule has 0 bridgehead atoms. The van der Waals surface area contributed by atoms with Crippen LogP contribution in [-0.4, -0.2) is 47.8 Å². The lowest BCUT2D eigenvalue weighted by Crippen LogP contribution is -2.53. The predicted octanol–water partition coefficient (Wildman–Crippen LogP) is 3.51. The maximum Gasteiger partial charge on any atom is 0.408 e. The van der Waals surface area contributed by atoms with E-state index in [4.69, 9.17) is 4.74 Å². The van der Waals surface area contributed by atoms with Crippen LogP contribution in [0.25, 0.3) is 0 Å². The standard InChI is InChI=1S/C24H35F2N3O5/c1-15(2)12-19(29-22(33)34-23(4,5)6)21(32)24(25,26)14-27-20(31)13-18(28-16(3)30)17-10-8-7-9-11-17/h7-11,15,18-19H,12-14H2,1-6H3,(H,27,31)(H,28,30)(H,29,33). The number of ketones is 1. The first-order valence-corrected chi connectivity index (χ1v) is 11.1. The van der Waals surface area contributed by atoms with Gasteiger partial charge in [-0.05, 0) is 38.7 Å². The number of hydrogen-bond acceptors (Lipinski definition) is 5. The molecule has 3 amide bonds. The van der Waals surface area contributed by atoms with Gasteiger partial charge < -0.3 is 20.7 Å². The summed E-state index contributed by atoms with van der Waals surface area (Å²) < 4.78 is 34.5. The Bertz CT molecular complexity index is 854. The van der Waals surface area contributed by atoms with Crippen molar-refractivity contribution in [2.24, 2.45) is 5.92 Å². The van der Waals surface area contributed by atoms with Gasteiger partial charge in [-0.2, -0.15) is 8.78 Å². The third-order valence-electron chi connectivity index (χ3n) is 4.55. The minimum absolute atomic E-state index is 0.0276. The maximum absolute atomic E-state index is 14.7. The lowest BCUT2D eigenvalue weighted by Gasteiger charge is -2.26. The molecule has 0 aliphatic heterocycles. The molecule has 0 saturated heterocycles. The van der Waals surface area contributed by atoms with Crippen LogP contribution in [0.5, 0.6) is 0 Å². The molecule has 0 fully saturated rings. The summed E-state index contributed by atoms with van der Waals surface area (Å²) in [6.07, 6.45) is -1.30. The summed E-state index contributed by atoms with van der Waals surface area (Å²) in [5.74, 6) is -6.77. The Hall–Kier alpha value is -3.04. The van der Waals surface area contributed by atoms with Crippen LogP contribution in [-0.2, 0) is 19.1 Å². The number of hydrogen-bond donors (Lipinski definition) is 3. The molecule has 0 saturated carbocycles. The summed E-state index contributed by atoms with van der Waals surface area (Å²) in [5.41, 5.74) is -0.232. The molecule has 0 aliphatic rings.